The van der Waals surface area contributed by atoms with Crippen LogP contribution in [0.3, 0.4) is 0 Å². The van der Waals surface area contributed by atoms with Crippen LogP contribution < -0.4 is 5.32 Å². The van der Waals surface area contributed by atoms with Gasteiger partial charge in [0, 0.05) is 16.8 Å². The third-order valence-electron chi connectivity index (χ3n) is 7.44. The molecule has 7 rings (SSSR count). The Balaban J connectivity index is 1.67. The highest BCUT2D eigenvalue weighted by Crippen LogP contribution is 2.67. The summed E-state index contributed by atoms with van der Waals surface area (Å²) in [5.41, 5.74) is 6.18. The number of para-hydroxylation sites is 2. The Morgan fingerprint density at radius 2 is 1.13 bits per heavy atom. The van der Waals surface area contributed by atoms with Crippen molar-refractivity contribution < 1.29 is 0 Å². The van der Waals surface area contributed by atoms with E-state index in [4.69, 9.17) is 0 Å². The van der Waals surface area contributed by atoms with Crippen LogP contribution in [0.15, 0.2) is 48.5 Å². The SMILES string of the molecule is c1ccc2c(c1)Nc1ccccc1C21[C@H]2C[C@@H]3C[C@@H](C[C@H]1C3)C2. The number of benzene rings is 2. The Kier molecular flexibility index (Phi) is 2.31. The average molecular weight is 301 g/mol. The van der Waals surface area contributed by atoms with Crippen LogP contribution in [0.1, 0.15) is 43.2 Å². The van der Waals surface area contributed by atoms with Gasteiger partial charge in [0.1, 0.15) is 0 Å². The van der Waals surface area contributed by atoms with Crippen molar-refractivity contribution in [3.8, 4) is 0 Å². The first-order valence-electron chi connectivity index (χ1n) is 9.31. The monoisotopic (exact) mass is 301 g/mol. The number of hydrogen-bond acceptors (Lipinski definition) is 1. The first-order valence-corrected chi connectivity index (χ1v) is 9.31. The molecule has 0 aromatic heterocycles. The molecule has 1 aliphatic heterocycles. The highest BCUT2D eigenvalue weighted by Gasteiger charge is 2.60. The fourth-order valence-electron chi connectivity index (χ4n) is 7.00. The average Bonchev–Trinajstić information content (AvgIpc) is 2.57. The van der Waals surface area contributed by atoms with Crippen molar-refractivity contribution in [2.75, 3.05) is 5.32 Å². The van der Waals surface area contributed by atoms with E-state index in [-0.39, 0.29) is 5.41 Å². The van der Waals surface area contributed by atoms with Gasteiger partial charge in [0.25, 0.3) is 0 Å². The summed E-state index contributed by atoms with van der Waals surface area (Å²) >= 11 is 0. The largest absolute Gasteiger partial charge is 0.355 e. The molecule has 5 aliphatic rings. The molecule has 4 bridgehead atoms. The highest BCUT2D eigenvalue weighted by molar-refractivity contribution is 5.76. The van der Waals surface area contributed by atoms with Crippen molar-refractivity contribution in [2.45, 2.75) is 37.5 Å². The zero-order valence-corrected chi connectivity index (χ0v) is 13.5. The van der Waals surface area contributed by atoms with Gasteiger partial charge in [-0.3, -0.25) is 0 Å². The molecular formula is C22H23N. The number of anilines is 2. The lowest BCUT2D eigenvalue weighted by molar-refractivity contribution is -0.0417. The van der Waals surface area contributed by atoms with E-state index in [9.17, 15) is 0 Å². The van der Waals surface area contributed by atoms with Gasteiger partial charge >= 0.3 is 0 Å². The third-order valence-corrected chi connectivity index (χ3v) is 7.44. The van der Waals surface area contributed by atoms with E-state index in [0.29, 0.717) is 0 Å². The van der Waals surface area contributed by atoms with Crippen molar-refractivity contribution in [1.82, 2.24) is 0 Å². The zero-order valence-electron chi connectivity index (χ0n) is 13.5. The fourth-order valence-corrected chi connectivity index (χ4v) is 7.00. The number of rotatable bonds is 0. The Labute approximate surface area is 138 Å². The minimum absolute atomic E-state index is 0.284. The lowest BCUT2D eigenvalue weighted by Crippen LogP contribution is -2.57. The predicted molar refractivity (Wildman–Crippen MR) is 94.0 cm³/mol. The van der Waals surface area contributed by atoms with Crippen molar-refractivity contribution in [3.05, 3.63) is 59.7 Å². The Morgan fingerprint density at radius 3 is 1.65 bits per heavy atom. The third kappa shape index (κ3) is 1.45. The van der Waals surface area contributed by atoms with Gasteiger partial charge in [0.2, 0.25) is 0 Å². The molecule has 1 heterocycles. The summed E-state index contributed by atoms with van der Waals surface area (Å²) in [6.07, 6.45) is 7.33. The van der Waals surface area contributed by atoms with Crippen molar-refractivity contribution >= 4 is 11.4 Å². The number of fused-ring (bicyclic) bond motifs is 2. The van der Waals surface area contributed by atoms with Crippen LogP contribution in [0.2, 0.25) is 0 Å². The maximum absolute atomic E-state index is 3.72. The minimum Gasteiger partial charge on any atom is -0.355 e. The zero-order chi connectivity index (χ0) is 15.0. The van der Waals surface area contributed by atoms with Crippen LogP contribution in [0.4, 0.5) is 11.4 Å². The van der Waals surface area contributed by atoms with Gasteiger partial charge < -0.3 is 5.32 Å². The van der Waals surface area contributed by atoms with Gasteiger partial charge in [-0.15, -0.1) is 0 Å². The molecule has 1 heteroatoms. The molecule has 1 spiro atoms. The molecule has 2 aromatic carbocycles. The van der Waals surface area contributed by atoms with E-state index in [1.165, 1.54) is 43.5 Å². The van der Waals surface area contributed by atoms with Crippen LogP contribution in [0, 0.1) is 23.7 Å². The van der Waals surface area contributed by atoms with Gasteiger partial charge in [-0.05, 0) is 79.0 Å². The molecule has 0 radical (unpaired) electrons. The second-order valence-electron chi connectivity index (χ2n) is 8.39. The molecule has 0 atom stereocenters. The van der Waals surface area contributed by atoms with Crippen molar-refractivity contribution in [1.29, 1.82) is 0 Å². The molecule has 0 amide bonds. The van der Waals surface area contributed by atoms with Gasteiger partial charge in [-0.25, -0.2) is 0 Å². The van der Waals surface area contributed by atoms with E-state index in [1.54, 1.807) is 11.1 Å². The van der Waals surface area contributed by atoms with E-state index >= 15 is 0 Å². The molecule has 2 aromatic rings. The maximum Gasteiger partial charge on any atom is 0.0426 e. The highest BCUT2D eigenvalue weighted by atomic mass is 14.9. The van der Waals surface area contributed by atoms with Crippen LogP contribution in [-0.4, -0.2) is 0 Å². The summed E-state index contributed by atoms with van der Waals surface area (Å²) < 4.78 is 0. The fraction of sp³-hybridized carbons (Fsp3) is 0.455. The van der Waals surface area contributed by atoms with E-state index in [0.717, 1.165) is 23.7 Å². The molecule has 0 unspecified atom stereocenters. The van der Waals surface area contributed by atoms with E-state index in [2.05, 4.69) is 53.8 Å². The molecule has 1 nitrogen and oxygen atoms in total. The smallest absolute Gasteiger partial charge is 0.0426 e. The summed E-state index contributed by atoms with van der Waals surface area (Å²) in [5.74, 6) is 3.72. The minimum atomic E-state index is 0.284. The molecule has 23 heavy (non-hydrogen) atoms. The van der Waals surface area contributed by atoms with Gasteiger partial charge in [-0.2, -0.15) is 0 Å². The molecule has 4 saturated carbocycles. The topological polar surface area (TPSA) is 12.0 Å². The van der Waals surface area contributed by atoms with Crippen LogP contribution in [0.25, 0.3) is 0 Å². The van der Waals surface area contributed by atoms with Crippen molar-refractivity contribution in [3.63, 3.8) is 0 Å². The normalized spacial score (nSPS) is 34.8. The van der Waals surface area contributed by atoms with Crippen LogP contribution in [-0.2, 0) is 5.41 Å². The molecule has 4 aliphatic carbocycles. The predicted octanol–water partition coefficient (Wildman–Crippen LogP) is 5.49. The Bertz CT molecular complexity index is 715. The van der Waals surface area contributed by atoms with Crippen LogP contribution >= 0.6 is 0 Å². The number of hydrogen-bond donors (Lipinski definition) is 1. The van der Waals surface area contributed by atoms with Crippen LogP contribution in [0.5, 0.6) is 0 Å². The quantitative estimate of drug-likeness (QED) is 0.679. The van der Waals surface area contributed by atoms with Gasteiger partial charge in [0.15, 0.2) is 0 Å². The molecule has 0 saturated heterocycles. The second-order valence-corrected chi connectivity index (χ2v) is 8.39. The maximum atomic E-state index is 3.72. The second kappa shape index (κ2) is 4.20. The molecule has 4 fully saturated rings. The van der Waals surface area contributed by atoms with E-state index in [1.807, 2.05) is 0 Å². The lowest BCUT2D eigenvalue weighted by atomic mass is 9.41. The summed E-state index contributed by atoms with van der Waals surface area (Å²) in [6, 6.07) is 18.3. The molecule has 1 N–H and O–H groups in total. The Morgan fingerprint density at radius 1 is 0.652 bits per heavy atom. The van der Waals surface area contributed by atoms with Crippen molar-refractivity contribution in [2.24, 2.45) is 23.7 Å². The van der Waals surface area contributed by atoms with Gasteiger partial charge in [0.05, 0.1) is 0 Å². The molecule has 116 valence electrons. The lowest BCUT2D eigenvalue weighted by Gasteiger charge is -2.63. The number of nitrogens with one attached hydrogen (secondary N) is 1. The molecular weight excluding hydrogens is 278 g/mol. The summed E-state index contributed by atoms with van der Waals surface area (Å²) in [5, 5.41) is 3.72. The standard InChI is InChI=1S/C22H23N/c1-3-7-20-18(5-1)22(19-6-2-4-8-21(19)23-20)16-10-14-9-15(12-16)13-17(22)11-14/h1-8,14-17,23H,9-13H2/t14-,15+,16-,17+. The van der Waals surface area contributed by atoms with Gasteiger partial charge in [-0.1, -0.05) is 36.4 Å². The summed E-state index contributed by atoms with van der Waals surface area (Å²) in [7, 11) is 0. The summed E-state index contributed by atoms with van der Waals surface area (Å²) in [6.45, 7) is 0. The Hall–Kier alpha value is -1.76. The van der Waals surface area contributed by atoms with E-state index < -0.39 is 0 Å². The first kappa shape index (κ1) is 12.6. The first-order chi connectivity index (χ1) is 11.4. The summed E-state index contributed by atoms with van der Waals surface area (Å²) in [4.78, 5) is 0.